The lowest BCUT2D eigenvalue weighted by Gasteiger charge is -2.28. The Morgan fingerprint density at radius 1 is 1.24 bits per heavy atom. The molecule has 0 saturated heterocycles. The van der Waals surface area contributed by atoms with Gasteiger partial charge in [0.15, 0.2) is 0 Å². The first kappa shape index (κ1) is 15.5. The summed E-state index contributed by atoms with van der Waals surface area (Å²) in [7, 11) is 0. The minimum atomic E-state index is -1.02. The number of carboxylic acids is 1. The molecule has 0 spiro atoms. The zero-order chi connectivity index (χ0) is 15.4. The smallest absolute Gasteiger partial charge is 0.326 e. The number of hydrogen-bond acceptors (Lipinski definition) is 2. The minimum Gasteiger partial charge on any atom is -0.480 e. The summed E-state index contributed by atoms with van der Waals surface area (Å²) in [4.78, 5) is 23.6. The Morgan fingerprint density at radius 2 is 1.90 bits per heavy atom. The highest BCUT2D eigenvalue weighted by molar-refractivity contribution is 5.96. The number of halogens is 1. The third-order valence-corrected chi connectivity index (χ3v) is 3.98. The second-order valence-corrected chi connectivity index (χ2v) is 5.70. The van der Waals surface area contributed by atoms with Crippen LogP contribution in [0.25, 0.3) is 0 Å². The molecule has 0 aromatic heterocycles. The van der Waals surface area contributed by atoms with E-state index in [1.54, 1.807) is 13.0 Å². The number of aliphatic carboxylic acids is 1. The van der Waals surface area contributed by atoms with E-state index in [4.69, 9.17) is 0 Å². The first-order valence-corrected chi connectivity index (χ1v) is 7.28. The van der Waals surface area contributed by atoms with Crippen molar-refractivity contribution in [1.29, 1.82) is 0 Å². The molecule has 0 heterocycles. The Labute approximate surface area is 123 Å². The molecule has 1 aromatic rings. The van der Waals surface area contributed by atoms with Gasteiger partial charge in [-0.1, -0.05) is 19.3 Å². The van der Waals surface area contributed by atoms with Crippen molar-refractivity contribution >= 4 is 11.9 Å². The third kappa shape index (κ3) is 4.03. The highest BCUT2D eigenvalue weighted by atomic mass is 19.1. The molecule has 0 bridgehead atoms. The molecule has 2 rings (SSSR count). The van der Waals surface area contributed by atoms with Crippen molar-refractivity contribution in [3.8, 4) is 0 Å². The van der Waals surface area contributed by atoms with E-state index in [-0.39, 0.29) is 11.5 Å². The molecule has 1 aromatic carbocycles. The van der Waals surface area contributed by atoms with Crippen LogP contribution in [0.1, 0.15) is 48.0 Å². The van der Waals surface area contributed by atoms with Gasteiger partial charge in [0, 0.05) is 5.56 Å². The largest absolute Gasteiger partial charge is 0.480 e. The number of amides is 1. The van der Waals surface area contributed by atoms with Crippen LogP contribution >= 0.6 is 0 Å². The van der Waals surface area contributed by atoms with Crippen LogP contribution in [0.15, 0.2) is 18.2 Å². The molecule has 5 heteroatoms. The fraction of sp³-hybridized carbons (Fsp3) is 0.500. The average Bonchev–Trinajstić information content (AvgIpc) is 2.44. The summed E-state index contributed by atoms with van der Waals surface area (Å²) in [6.07, 6.45) is 4.70. The van der Waals surface area contributed by atoms with E-state index in [2.05, 4.69) is 5.32 Å². The number of rotatable bonds is 4. The van der Waals surface area contributed by atoms with Gasteiger partial charge in [0.05, 0.1) is 0 Å². The van der Waals surface area contributed by atoms with Crippen LogP contribution in [0.2, 0.25) is 0 Å². The van der Waals surface area contributed by atoms with E-state index >= 15 is 0 Å². The minimum absolute atomic E-state index is 0.0464. The highest BCUT2D eigenvalue weighted by Crippen LogP contribution is 2.27. The molecule has 1 fully saturated rings. The van der Waals surface area contributed by atoms with Gasteiger partial charge in [-0.25, -0.2) is 9.18 Å². The lowest BCUT2D eigenvalue weighted by molar-refractivity contribution is -0.141. The van der Waals surface area contributed by atoms with Crippen molar-refractivity contribution in [3.63, 3.8) is 0 Å². The van der Waals surface area contributed by atoms with Gasteiger partial charge < -0.3 is 10.4 Å². The number of nitrogens with one attached hydrogen (secondary N) is 1. The number of carbonyl (C=O) groups excluding carboxylic acids is 1. The van der Waals surface area contributed by atoms with E-state index in [9.17, 15) is 19.1 Å². The molecule has 2 N–H and O–H groups in total. The van der Waals surface area contributed by atoms with Crippen molar-refractivity contribution in [1.82, 2.24) is 5.32 Å². The SMILES string of the molecule is Cc1cc(F)cc(C(=O)NC(C(=O)O)C2CCCCC2)c1. The molecule has 0 radical (unpaired) electrons. The van der Waals surface area contributed by atoms with Crippen molar-refractivity contribution < 1.29 is 19.1 Å². The summed E-state index contributed by atoms with van der Waals surface area (Å²) >= 11 is 0. The zero-order valence-electron chi connectivity index (χ0n) is 12.1. The summed E-state index contributed by atoms with van der Waals surface area (Å²) in [6.45, 7) is 1.69. The van der Waals surface area contributed by atoms with E-state index in [0.717, 1.165) is 38.2 Å². The lowest BCUT2D eigenvalue weighted by atomic mass is 9.84. The van der Waals surface area contributed by atoms with E-state index in [1.807, 2.05) is 0 Å². The molecule has 21 heavy (non-hydrogen) atoms. The van der Waals surface area contributed by atoms with E-state index in [1.165, 1.54) is 6.07 Å². The summed E-state index contributed by atoms with van der Waals surface area (Å²) in [5.41, 5.74) is 0.791. The Hall–Kier alpha value is -1.91. The topological polar surface area (TPSA) is 66.4 Å². The van der Waals surface area contributed by atoms with Crippen LogP contribution in [0.5, 0.6) is 0 Å². The number of aryl methyl sites for hydroxylation is 1. The molecule has 1 amide bonds. The maximum Gasteiger partial charge on any atom is 0.326 e. The summed E-state index contributed by atoms with van der Waals surface area (Å²) in [6, 6.07) is 3.11. The molecule has 0 aliphatic heterocycles. The number of hydrogen-bond donors (Lipinski definition) is 2. The molecule has 1 atom stereocenters. The molecule has 114 valence electrons. The maximum atomic E-state index is 13.3. The van der Waals surface area contributed by atoms with Crippen LogP contribution in [-0.4, -0.2) is 23.0 Å². The Morgan fingerprint density at radius 3 is 2.48 bits per heavy atom. The van der Waals surface area contributed by atoms with Gasteiger partial charge in [-0.2, -0.15) is 0 Å². The third-order valence-electron chi connectivity index (χ3n) is 3.98. The molecular formula is C16H20FNO3. The summed E-state index contributed by atoms with van der Waals surface area (Å²) in [5, 5.41) is 11.9. The molecule has 4 nitrogen and oxygen atoms in total. The van der Waals surface area contributed by atoms with E-state index in [0.29, 0.717) is 5.56 Å². The van der Waals surface area contributed by atoms with Gasteiger partial charge in [-0.15, -0.1) is 0 Å². The van der Waals surface area contributed by atoms with Crippen molar-refractivity contribution in [2.75, 3.05) is 0 Å². The van der Waals surface area contributed by atoms with Gasteiger partial charge in [-0.3, -0.25) is 4.79 Å². The molecule has 1 aliphatic rings. The highest BCUT2D eigenvalue weighted by Gasteiger charge is 2.31. The van der Waals surface area contributed by atoms with Crippen LogP contribution in [0.3, 0.4) is 0 Å². The number of carbonyl (C=O) groups is 2. The number of benzene rings is 1. The van der Waals surface area contributed by atoms with Crippen LogP contribution < -0.4 is 5.32 Å². The monoisotopic (exact) mass is 293 g/mol. The van der Waals surface area contributed by atoms with E-state index < -0.39 is 23.7 Å². The van der Waals surface area contributed by atoms with Crippen molar-refractivity contribution in [2.45, 2.75) is 45.1 Å². The molecular weight excluding hydrogens is 273 g/mol. The Kier molecular flexibility index (Phi) is 4.94. The Balaban J connectivity index is 2.12. The predicted octanol–water partition coefficient (Wildman–Crippen LogP) is 2.90. The second kappa shape index (κ2) is 6.70. The van der Waals surface area contributed by atoms with Gasteiger partial charge in [-0.05, 0) is 49.4 Å². The van der Waals surface area contributed by atoms with Crippen LogP contribution in [0, 0.1) is 18.7 Å². The summed E-state index contributed by atoms with van der Waals surface area (Å²) in [5.74, 6) is -2.10. The summed E-state index contributed by atoms with van der Waals surface area (Å²) < 4.78 is 13.3. The normalized spacial score (nSPS) is 17.2. The number of carboxylic acid groups (broad SMARTS) is 1. The predicted molar refractivity (Wildman–Crippen MR) is 76.6 cm³/mol. The standard InChI is InChI=1S/C16H20FNO3/c1-10-7-12(9-13(17)8-10)15(19)18-14(16(20)21)11-5-3-2-4-6-11/h7-9,11,14H,2-6H2,1H3,(H,18,19)(H,20,21). The Bertz CT molecular complexity index is 518. The molecule has 1 saturated carbocycles. The van der Waals surface area contributed by atoms with Crippen LogP contribution in [0.4, 0.5) is 4.39 Å². The average molecular weight is 293 g/mol. The zero-order valence-corrected chi connectivity index (χ0v) is 12.1. The van der Waals surface area contributed by atoms with Gasteiger partial charge >= 0.3 is 5.97 Å². The van der Waals surface area contributed by atoms with Crippen molar-refractivity contribution in [3.05, 3.63) is 35.1 Å². The first-order chi connectivity index (χ1) is 9.97. The van der Waals surface area contributed by atoms with Gasteiger partial charge in [0.2, 0.25) is 0 Å². The van der Waals surface area contributed by atoms with Crippen LogP contribution in [-0.2, 0) is 4.79 Å². The lowest BCUT2D eigenvalue weighted by Crippen LogP contribution is -2.46. The second-order valence-electron chi connectivity index (χ2n) is 5.70. The van der Waals surface area contributed by atoms with Crippen molar-refractivity contribution in [2.24, 2.45) is 5.92 Å². The van der Waals surface area contributed by atoms with Gasteiger partial charge in [0.25, 0.3) is 5.91 Å². The molecule has 1 unspecified atom stereocenters. The quantitative estimate of drug-likeness (QED) is 0.897. The molecule has 1 aliphatic carbocycles. The first-order valence-electron chi connectivity index (χ1n) is 7.28. The fourth-order valence-electron chi connectivity index (χ4n) is 2.94. The fourth-order valence-corrected chi connectivity index (χ4v) is 2.94. The van der Waals surface area contributed by atoms with Gasteiger partial charge in [0.1, 0.15) is 11.9 Å². The maximum absolute atomic E-state index is 13.3.